The average Bonchev–Trinajstić information content (AvgIpc) is 2.55. The van der Waals surface area contributed by atoms with Crippen molar-refractivity contribution < 1.29 is 0 Å². The van der Waals surface area contributed by atoms with Gasteiger partial charge in [-0.15, -0.1) is 0 Å². The van der Waals surface area contributed by atoms with Crippen molar-refractivity contribution >= 4 is 53.4 Å². The molecule has 0 aromatic heterocycles. The van der Waals surface area contributed by atoms with Crippen LogP contribution in [0.3, 0.4) is 0 Å². The van der Waals surface area contributed by atoms with Crippen LogP contribution in [0.2, 0.25) is 0 Å². The molecule has 0 aliphatic heterocycles. The van der Waals surface area contributed by atoms with Crippen molar-refractivity contribution in [3.8, 4) is 11.1 Å². The lowest BCUT2D eigenvalue weighted by Gasteiger charge is -2.11. The number of hydrogen-bond acceptors (Lipinski definition) is 0. The molecular weight excluding hydrogens is 400 g/mol. The Morgan fingerprint density at radius 2 is 0.773 bits per heavy atom. The summed E-state index contributed by atoms with van der Waals surface area (Å²) in [6.07, 6.45) is 0. The molecule has 0 bridgehead atoms. The summed E-state index contributed by atoms with van der Waals surface area (Å²) in [6.45, 7) is 0. The molecule has 4 rings (SSSR count). The molecule has 22 heavy (non-hydrogen) atoms. The van der Waals surface area contributed by atoms with Gasteiger partial charge in [-0.2, -0.15) is 0 Å². The maximum atomic E-state index is 3.66. The Bertz CT molecular complexity index is 920. The topological polar surface area (TPSA) is 0 Å². The molecule has 0 nitrogen and oxygen atoms in total. The molecule has 106 valence electrons. The van der Waals surface area contributed by atoms with Gasteiger partial charge in [0.25, 0.3) is 0 Å². The van der Waals surface area contributed by atoms with Crippen LogP contribution in [0.1, 0.15) is 0 Å². The molecule has 4 aromatic carbocycles. The molecule has 0 heterocycles. The molecule has 2 heteroatoms. The van der Waals surface area contributed by atoms with Gasteiger partial charge in [0.1, 0.15) is 0 Å². The van der Waals surface area contributed by atoms with Gasteiger partial charge in [-0.1, -0.05) is 92.5 Å². The maximum Gasteiger partial charge on any atom is 0.0253 e. The Morgan fingerprint density at radius 1 is 0.409 bits per heavy atom. The van der Waals surface area contributed by atoms with Crippen LogP contribution in [0.25, 0.3) is 32.7 Å². The lowest BCUT2D eigenvalue weighted by atomic mass is 9.94. The van der Waals surface area contributed by atoms with Crippen LogP contribution in [-0.4, -0.2) is 0 Å². The number of fused-ring (bicyclic) bond motifs is 2. The zero-order valence-electron chi connectivity index (χ0n) is 11.7. The third kappa shape index (κ3) is 2.18. The van der Waals surface area contributed by atoms with Crippen LogP contribution in [0.4, 0.5) is 0 Å². The highest BCUT2D eigenvalue weighted by Gasteiger charge is 2.09. The molecular formula is C20H12Br2. The second kappa shape index (κ2) is 5.53. The van der Waals surface area contributed by atoms with E-state index in [0.29, 0.717) is 0 Å². The van der Waals surface area contributed by atoms with Gasteiger partial charge in [0.05, 0.1) is 0 Å². The van der Waals surface area contributed by atoms with Crippen LogP contribution in [0.15, 0.2) is 81.7 Å². The fourth-order valence-electron chi connectivity index (χ4n) is 3.01. The van der Waals surface area contributed by atoms with E-state index in [1.807, 2.05) is 0 Å². The highest BCUT2D eigenvalue weighted by Crippen LogP contribution is 2.37. The molecule has 0 atom stereocenters. The minimum absolute atomic E-state index is 1.13. The van der Waals surface area contributed by atoms with E-state index in [1.54, 1.807) is 0 Å². The predicted molar refractivity (Wildman–Crippen MR) is 102 cm³/mol. The largest absolute Gasteiger partial charge is 0.0610 e. The van der Waals surface area contributed by atoms with E-state index in [9.17, 15) is 0 Å². The van der Waals surface area contributed by atoms with Crippen LogP contribution in [0.5, 0.6) is 0 Å². The molecule has 0 fully saturated rings. The summed E-state index contributed by atoms with van der Waals surface area (Å²) in [4.78, 5) is 0. The van der Waals surface area contributed by atoms with Crippen molar-refractivity contribution in [2.75, 3.05) is 0 Å². The summed E-state index contributed by atoms with van der Waals surface area (Å²) in [7, 11) is 0. The van der Waals surface area contributed by atoms with Gasteiger partial charge in [-0.3, -0.25) is 0 Å². The van der Waals surface area contributed by atoms with Crippen molar-refractivity contribution in [3.05, 3.63) is 81.7 Å². The summed E-state index contributed by atoms with van der Waals surface area (Å²) < 4.78 is 2.27. The smallest absolute Gasteiger partial charge is 0.0253 e. The Morgan fingerprint density at radius 3 is 1.23 bits per heavy atom. The first kappa shape index (κ1) is 14.0. The van der Waals surface area contributed by atoms with Gasteiger partial charge in [0, 0.05) is 8.95 Å². The molecule has 0 N–H and O–H groups in total. The molecule has 0 amide bonds. The van der Waals surface area contributed by atoms with E-state index in [0.717, 1.165) is 8.95 Å². The third-order valence-corrected chi connectivity index (χ3v) is 5.41. The summed E-state index contributed by atoms with van der Waals surface area (Å²) in [5.74, 6) is 0. The second-order valence-corrected chi connectivity index (χ2v) is 6.99. The van der Waals surface area contributed by atoms with E-state index < -0.39 is 0 Å². The second-order valence-electron chi connectivity index (χ2n) is 5.28. The minimum atomic E-state index is 1.13. The van der Waals surface area contributed by atoms with Crippen molar-refractivity contribution in [1.82, 2.24) is 0 Å². The van der Waals surface area contributed by atoms with Gasteiger partial charge < -0.3 is 0 Å². The third-order valence-electron chi connectivity index (χ3n) is 4.03. The highest BCUT2D eigenvalue weighted by atomic mass is 79.9. The van der Waals surface area contributed by atoms with Crippen LogP contribution in [-0.2, 0) is 0 Å². The first-order valence-corrected chi connectivity index (χ1v) is 8.69. The lowest BCUT2D eigenvalue weighted by Crippen LogP contribution is -1.85. The number of rotatable bonds is 1. The lowest BCUT2D eigenvalue weighted by molar-refractivity contribution is 1.66. The van der Waals surface area contributed by atoms with Gasteiger partial charge in [-0.05, 0) is 44.8 Å². The minimum Gasteiger partial charge on any atom is -0.0610 e. The summed E-state index contributed by atoms with van der Waals surface area (Å²) >= 11 is 7.31. The Hall–Kier alpha value is -1.64. The first-order valence-electron chi connectivity index (χ1n) is 7.10. The van der Waals surface area contributed by atoms with Gasteiger partial charge in [-0.25, -0.2) is 0 Å². The number of halogens is 2. The molecule has 4 aromatic rings. The Kier molecular flexibility index (Phi) is 3.51. The van der Waals surface area contributed by atoms with Crippen molar-refractivity contribution in [2.24, 2.45) is 0 Å². The molecule has 0 unspecified atom stereocenters. The monoisotopic (exact) mass is 410 g/mol. The van der Waals surface area contributed by atoms with E-state index >= 15 is 0 Å². The zero-order chi connectivity index (χ0) is 15.1. The Balaban J connectivity index is 2.13. The molecule has 0 saturated carbocycles. The zero-order valence-corrected chi connectivity index (χ0v) is 14.9. The van der Waals surface area contributed by atoms with E-state index in [4.69, 9.17) is 0 Å². The Labute approximate surface area is 146 Å². The van der Waals surface area contributed by atoms with E-state index in [-0.39, 0.29) is 0 Å². The molecule has 0 saturated heterocycles. The fourth-order valence-corrected chi connectivity index (χ4v) is 4.01. The average molecular weight is 412 g/mol. The molecule has 0 radical (unpaired) electrons. The first-order chi connectivity index (χ1) is 10.8. The normalized spacial score (nSPS) is 11.2. The van der Waals surface area contributed by atoms with Crippen molar-refractivity contribution in [2.45, 2.75) is 0 Å². The number of benzene rings is 4. The number of hydrogen-bond donors (Lipinski definition) is 0. The van der Waals surface area contributed by atoms with Crippen LogP contribution >= 0.6 is 31.9 Å². The maximum absolute atomic E-state index is 3.66. The predicted octanol–water partition coefficient (Wildman–Crippen LogP) is 7.19. The van der Waals surface area contributed by atoms with Crippen molar-refractivity contribution in [1.29, 1.82) is 0 Å². The van der Waals surface area contributed by atoms with Gasteiger partial charge >= 0.3 is 0 Å². The van der Waals surface area contributed by atoms with Gasteiger partial charge in [0.2, 0.25) is 0 Å². The molecule has 0 aliphatic carbocycles. The molecule has 0 aliphatic rings. The summed E-state index contributed by atoms with van der Waals surface area (Å²) in [5, 5.41) is 5.02. The highest BCUT2D eigenvalue weighted by molar-refractivity contribution is 9.11. The summed E-state index contributed by atoms with van der Waals surface area (Å²) in [5.41, 5.74) is 2.53. The van der Waals surface area contributed by atoms with E-state index in [2.05, 4.69) is 105 Å². The van der Waals surface area contributed by atoms with Crippen LogP contribution < -0.4 is 0 Å². The SMILES string of the molecule is Brc1cccc2c(-c3cccc4c(Br)cccc34)cccc12. The fraction of sp³-hybridized carbons (Fsp3) is 0. The van der Waals surface area contributed by atoms with Crippen LogP contribution in [0, 0.1) is 0 Å². The van der Waals surface area contributed by atoms with E-state index in [1.165, 1.54) is 32.7 Å². The summed E-state index contributed by atoms with van der Waals surface area (Å²) in [6, 6.07) is 25.7. The quantitative estimate of drug-likeness (QED) is 0.311. The molecule has 0 spiro atoms. The standard InChI is InChI=1S/C20H12Br2/c21-19-11-3-7-15-13(5-1-9-17(15)19)14-6-2-10-18-16(14)8-4-12-20(18)22/h1-12H. The van der Waals surface area contributed by atoms with Gasteiger partial charge in [0.15, 0.2) is 0 Å². The van der Waals surface area contributed by atoms with Crippen molar-refractivity contribution in [3.63, 3.8) is 0 Å².